The van der Waals surface area contributed by atoms with Crippen LogP contribution in [0, 0.1) is 10.1 Å². The summed E-state index contributed by atoms with van der Waals surface area (Å²) in [5.74, 6) is 1.31. The first-order chi connectivity index (χ1) is 11.7. The van der Waals surface area contributed by atoms with Crippen LogP contribution < -0.4 is 10.2 Å². The molecule has 1 heterocycles. The second kappa shape index (κ2) is 7.14. The lowest BCUT2D eigenvalue weighted by atomic mass is 10.1. The van der Waals surface area contributed by atoms with Crippen molar-refractivity contribution in [1.82, 2.24) is 5.43 Å². The molecule has 3 rings (SSSR count). The summed E-state index contributed by atoms with van der Waals surface area (Å²) < 4.78 is 5.17. The van der Waals surface area contributed by atoms with Gasteiger partial charge in [-0.05, 0) is 12.1 Å². The Labute approximate surface area is 142 Å². The zero-order valence-corrected chi connectivity index (χ0v) is 13.6. The summed E-state index contributed by atoms with van der Waals surface area (Å²) in [5, 5.41) is 15.8. The van der Waals surface area contributed by atoms with Crippen molar-refractivity contribution >= 4 is 34.0 Å². The fourth-order valence-corrected chi connectivity index (χ4v) is 2.90. The first-order valence-corrected chi connectivity index (χ1v) is 8.07. The Balaban J connectivity index is 1.77. The van der Waals surface area contributed by atoms with Gasteiger partial charge in [0.1, 0.15) is 5.75 Å². The molecule has 0 radical (unpaired) electrons. The van der Waals surface area contributed by atoms with Crippen molar-refractivity contribution in [3.63, 3.8) is 0 Å². The topological polar surface area (TPSA) is 89.1 Å². The van der Waals surface area contributed by atoms with Gasteiger partial charge in [0.05, 0.1) is 23.4 Å². The van der Waals surface area contributed by atoms with Crippen LogP contribution in [0.1, 0.15) is 5.56 Å². The molecule has 2 aromatic carbocycles. The third kappa shape index (κ3) is 3.72. The Kier molecular flexibility index (Phi) is 4.76. The summed E-state index contributed by atoms with van der Waals surface area (Å²) in [6.45, 7) is 0. The average Bonchev–Trinajstić information content (AvgIpc) is 2.62. The van der Waals surface area contributed by atoms with Gasteiger partial charge in [-0.1, -0.05) is 30.0 Å². The SMILES string of the molecule is COc1cccc(N=C2NN=C(c3cccc([N+](=O)[O-])c3)CS2)c1. The summed E-state index contributed by atoms with van der Waals surface area (Å²) in [6.07, 6.45) is 0. The molecule has 0 fully saturated rings. The number of non-ortho nitro benzene ring substituents is 1. The fourth-order valence-electron chi connectivity index (χ4n) is 2.12. The van der Waals surface area contributed by atoms with Gasteiger partial charge in [0.25, 0.3) is 5.69 Å². The van der Waals surface area contributed by atoms with E-state index in [1.54, 1.807) is 19.2 Å². The zero-order chi connectivity index (χ0) is 16.9. The predicted octanol–water partition coefficient (Wildman–Crippen LogP) is 3.33. The van der Waals surface area contributed by atoms with Crippen LogP contribution in [0.15, 0.2) is 58.6 Å². The van der Waals surface area contributed by atoms with Crippen LogP contribution >= 0.6 is 11.8 Å². The Morgan fingerprint density at radius 3 is 2.83 bits per heavy atom. The first-order valence-electron chi connectivity index (χ1n) is 7.08. The quantitative estimate of drug-likeness (QED) is 0.680. The van der Waals surface area contributed by atoms with Crippen molar-refractivity contribution in [1.29, 1.82) is 0 Å². The van der Waals surface area contributed by atoms with Gasteiger partial charge in [0.2, 0.25) is 0 Å². The van der Waals surface area contributed by atoms with E-state index in [2.05, 4.69) is 15.5 Å². The molecule has 8 heteroatoms. The van der Waals surface area contributed by atoms with E-state index < -0.39 is 4.92 Å². The normalized spacial score (nSPS) is 15.5. The van der Waals surface area contributed by atoms with Gasteiger partial charge in [0.15, 0.2) is 5.17 Å². The first kappa shape index (κ1) is 16.0. The lowest BCUT2D eigenvalue weighted by Gasteiger charge is -2.14. The molecule has 0 aromatic heterocycles. The minimum atomic E-state index is -0.414. The van der Waals surface area contributed by atoms with E-state index in [0.29, 0.717) is 10.9 Å². The lowest BCUT2D eigenvalue weighted by molar-refractivity contribution is -0.384. The number of thioether (sulfide) groups is 1. The number of benzene rings is 2. The highest BCUT2D eigenvalue weighted by molar-refractivity contribution is 8.14. The van der Waals surface area contributed by atoms with Gasteiger partial charge >= 0.3 is 0 Å². The molecular formula is C16H14N4O3S. The number of nitrogens with one attached hydrogen (secondary N) is 1. The van der Waals surface area contributed by atoms with Crippen molar-refractivity contribution in [3.8, 4) is 5.75 Å². The largest absolute Gasteiger partial charge is 0.497 e. The van der Waals surface area contributed by atoms with Gasteiger partial charge < -0.3 is 4.74 Å². The smallest absolute Gasteiger partial charge is 0.270 e. The van der Waals surface area contributed by atoms with Gasteiger partial charge in [-0.2, -0.15) is 5.10 Å². The number of aliphatic imine (C=N–C) groups is 1. The van der Waals surface area contributed by atoms with Crippen LogP contribution in [0.4, 0.5) is 11.4 Å². The van der Waals surface area contributed by atoms with Crippen LogP contribution in [0.25, 0.3) is 0 Å². The molecular weight excluding hydrogens is 328 g/mol. The Morgan fingerprint density at radius 1 is 1.29 bits per heavy atom. The molecule has 0 bridgehead atoms. The van der Waals surface area contributed by atoms with Crippen LogP contribution in [0.2, 0.25) is 0 Å². The molecule has 7 nitrogen and oxygen atoms in total. The van der Waals surface area contributed by atoms with E-state index in [4.69, 9.17) is 4.74 Å². The van der Waals surface area contributed by atoms with Crippen molar-refractivity contribution in [2.45, 2.75) is 0 Å². The van der Waals surface area contributed by atoms with E-state index >= 15 is 0 Å². The van der Waals surface area contributed by atoms with Crippen molar-refractivity contribution < 1.29 is 9.66 Å². The Morgan fingerprint density at radius 2 is 2.12 bits per heavy atom. The van der Waals surface area contributed by atoms with Gasteiger partial charge in [-0.15, -0.1) is 0 Å². The molecule has 0 amide bonds. The molecule has 0 atom stereocenters. The highest BCUT2D eigenvalue weighted by Gasteiger charge is 2.15. The average molecular weight is 342 g/mol. The summed E-state index contributed by atoms with van der Waals surface area (Å²) in [5.41, 5.74) is 5.18. The molecule has 122 valence electrons. The van der Waals surface area contributed by atoms with Crippen molar-refractivity contribution in [2.24, 2.45) is 10.1 Å². The van der Waals surface area contributed by atoms with Crippen molar-refractivity contribution in [2.75, 3.05) is 12.9 Å². The number of nitrogens with zero attached hydrogens (tertiary/aromatic N) is 3. The maximum absolute atomic E-state index is 10.9. The fraction of sp³-hybridized carbons (Fsp3) is 0.125. The standard InChI is InChI=1S/C16H14N4O3S/c1-23-14-7-3-5-12(9-14)17-16-19-18-15(10-24-16)11-4-2-6-13(8-11)20(21)22/h2-9H,10H2,1H3,(H,17,19). The second-order valence-corrected chi connectivity index (χ2v) is 5.85. The van der Waals surface area contributed by atoms with Gasteiger partial charge in [-0.25, -0.2) is 4.99 Å². The third-order valence-corrected chi connectivity index (χ3v) is 4.18. The Bertz CT molecular complexity index is 836. The van der Waals surface area contributed by atoms with Gasteiger partial charge in [0, 0.05) is 29.5 Å². The summed E-state index contributed by atoms with van der Waals surface area (Å²) >= 11 is 1.49. The zero-order valence-electron chi connectivity index (χ0n) is 12.8. The van der Waals surface area contributed by atoms with E-state index in [-0.39, 0.29) is 5.69 Å². The number of nitro groups is 1. The van der Waals surface area contributed by atoms with Crippen LogP contribution in [0.5, 0.6) is 5.75 Å². The summed E-state index contributed by atoms with van der Waals surface area (Å²) in [6, 6.07) is 13.9. The number of ether oxygens (including phenoxy) is 1. The lowest BCUT2D eigenvalue weighted by Crippen LogP contribution is -2.25. The Hall–Kier alpha value is -2.87. The number of hydrogen-bond donors (Lipinski definition) is 1. The van der Waals surface area contributed by atoms with Crippen LogP contribution in [0.3, 0.4) is 0 Å². The molecule has 1 aliphatic rings. The molecule has 2 aromatic rings. The molecule has 0 saturated heterocycles. The van der Waals surface area contributed by atoms with E-state index in [1.807, 2.05) is 24.3 Å². The highest BCUT2D eigenvalue weighted by Crippen LogP contribution is 2.23. The monoisotopic (exact) mass is 342 g/mol. The minimum Gasteiger partial charge on any atom is -0.497 e. The van der Waals surface area contributed by atoms with E-state index in [1.165, 1.54) is 23.9 Å². The molecule has 0 aliphatic carbocycles. The number of methoxy groups -OCH3 is 1. The van der Waals surface area contributed by atoms with Crippen molar-refractivity contribution in [3.05, 3.63) is 64.2 Å². The molecule has 0 spiro atoms. The van der Waals surface area contributed by atoms with Crippen LogP contribution in [-0.2, 0) is 0 Å². The van der Waals surface area contributed by atoms with E-state index in [0.717, 1.165) is 22.7 Å². The molecule has 1 aliphatic heterocycles. The minimum absolute atomic E-state index is 0.0519. The predicted molar refractivity (Wildman–Crippen MR) is 95.3 cm³/mol. The number of hydrogen-bond acceptors (Lipinski definition) is 6. The number of amidine groups is 1. The molecule has 0 unspecified atom stereocenters. The molecule has 1 N–H and O–H groups in total. The third-order valence-electron chi connectivity index (χ3n) is 3.31. The number of rotatable bonds is 4. The second-order valence-electron chi connectivity index (χ2n) is 4.88. The summed E-state index contributed by atoms with van der Waals surface area (Å²) in [4.78, 5) is 14.9. The maximum atomic E-state index is 10.9. The highest BCUT2D eigenvalue weighted by atomic mass is 32.2. The summed E-state index contributed by atoms with van der Waals surface area (Å²) in [7, 11) is 1.61. The van der Waals surface area contributed by atoms with Gasteiger partial charge in [-0.3, -0.25) is 15.5 Å². The number of nitro benzene ring substituents is 1. The molecule has 0 saturated carbocycles. The molecule has 24 heavy (non-hydrogen) atoms. The number of hydrazone groups is 1. The maximum Gasteiger partial charge on any atom is 0.270 e. The van der Waals surface area contributed by atoms with E-state index in [9.17, 15) is 10.1 Å². The van der Waals surface area contributed by atoms with Crippen LogP contribution in [-0.4, -0.2) is 28.7 Å².